The second kappa shape index (κ2) is 31.9. The largest absolute Gasteiger partial charge is 0.393 e. The molecule has 4 aliphatic heterocycles. The quantitative estimate of drug-likeness (QED) is 0.218. The summed E-state index contributed by atoms with van der Waals surface area (Å²) in [5.41, 5.74) is -1.46. The fraction of sp³-hybridized carbons (Fsp3) is 0.828. The van der Waals surface area contributed by atoms with Gasteiger partial charge in [0.2, 0.25) is 65.0 Å². The number of carbonyl (C=O) groups is 11. The minimum Gasteiger partial charge on any atom is -0.351 e. The summed E-state index contributed by atoms with van der Waals surface area (Å²) in [6.07, 6.45) is 3.52. The van der Waals surface area contributed by atoms with Gasteiger partial charge in [0.15, 0.2) is 0 Å². The molecule has 512 valence electrons. The minimum absolute atomic E-state index is 0.0172. The van der Waals surface area contributed by atoms with Crippen LogP contribution in [0.3, 0.4) is 0 Å². The highest BCUT2D eigenvalue weighted by Gasteiger charge is 2.51. The van der Waals surface area contributed by atoms with E-state index in [2.05, 4.69) is 26.6 Å². The first-order valence-electron chi connectivity index (χ1n) is 33.5. The summed E-state index contributed by atoms with van der Waals surface area (Å²) in [5, 5.41) is 13.9. The van der Waals surface area contributed by atoms with Crippen LogP contribution in [0.25, 0.3) is 0 Å². The van der Waals surface area contributed by atoms with E-state index in [0.717, 1.165) is 32.2 Å². The van der Waals surface area contributed by atoms with Crippen molar-refractivity contribution >= 4 is 76.6 Å². The van der Waals surface area contributed by atoms with Crippen LogP contribution < -0.4 is 26.6 Å². The standard InChI is InChI=1S/C64H102ClF3N12O11/c1-10-38(2)53-61(90)75(6)37-52(83)79-30-17-22-48(79)60(89)77(8)49(34-42-18-15-29-69-35-42)59(88)74(5)36-50(81)71-46(26-24-41-23-25-44(45(65)33-41)64(66,67)68)58(87)80-31-16-21-47(80)56(85)73-63(27-13-14-28-63)62(91)78(9)54(43-19-11-12-20-43)57(86)70-39(3)32-51(82)76(7)40(4)55(84)72-53/h38-49,53-54,69H,10-37H2,1-9H3,(H,70,86)(H,71,81)(H,72,84)(H,73,85)/t38-,39+,40-,41?,42?,44?,45?,46-,47-,48-,49-,53-,54-/m0/s1. The lowest BCUT2D eigenvalue weighted by atomic mass is 9.78. The molecule has 23 nitrogen and oxygen atoms in total. The number of fused-ring (bicyclic) bond motifs is 2. The summed E-state index contributed by atoms with van der Waals surface area (Å²) in [5.74, 6) is -9.05. The Kier molecular flexibility index (Phi) is 25.5. The van der Waals surface area contributed by atoms with Crippen molar-refractivity contribution in [2.75, 3.05) is 74.5 Å². The Morgan fingerprint density at radius 2 is 1.27 bits per heavy atom. The number of piperidine rings is 1. The van der Waals surface area contributed by atoms with Crippen LogP contribution in [0.2, 0.25) is 0 Å². The maximum absolute atomic E-state index is 15.2. The Morgan fingerprint density at radius 3 is 1.90 bits per heavy atom. The van der Waals surface area contributed by atoms with Crippen LogP contribution in [-0.4, -0.2) is 239 Å². The van der Waals surface area contributed by atoms with Crippen molar-refractivity contribution in [3.63, 3.8) is 0 Å². The van der Waals surface area contributed by atoms with Crippen molar-refractivity contribution in [3.8, 4) is 0 Å². The van der Waals surface area contributed by atoms with Gasteiger partial charge in [0, 0.05) is 66.2 Å². The van der Waals surface area contributed by atoms with Crippen LogP contribution in [-0.2, 0) is 52.7 Å². The van der Waals surface area contributed by atoms with Gasteiger partial charge in [-0.25, -0.2) is 0 Å². The summed E-state index contributed by atoms with van der Waals surface area (Å²) < 4.78 is 41.8. The fourth-order valence-corrected chi connectivity index (χ4v) is 15.8. The van der Waals surface area contributed by atoms with Crippen molar-refractivity contribution in [1.82, 2.24) is 60.9 Å². The van der Waals surface area contributed by atoms with E-state index in [1.807, 2.05) is 6.92 Å². The lowest BCUT2D eigenvalue weighted by Crippen LogP contribution is -2.64. The highest BCUT2D eigenvalue weighted by molar-refractivity contribution is 6.20. The van der Waals surface area contributed by atoms with E-state index in [0.29, 0.717) is 51.5 Å². The monoisotopic (exact) mass is 1310 g/mol. The van der Waals surface area contributed by atoms with Crippen LogP contribution in [0.5, 0.6) is 0 Å². The van der Waals surface area contributed by atoms with Crippen molar-refractivity contribution in [2.45, 2.75) is 234 Å². The minimum atomic E-state index is -4.49. The van der Waals surface area contributed by atoms with Gasteiger partial charge >= 0.3 is 6.18 Å². The van der Waals surface area contributed by atoms with Crippen LogP contribution in [0.1, 0.15) is 169 Å². The third-order valence-corrected chi connectivity index (χ3v) is 21.6. The Morgan fingerprint density at radius 1 is 0.626 bits per heavy atom. The van der Waals surface area contributed by atoms with Crippen LogP contribution in [0.15, 0.2) is 0 Å². The van der Waals surface area contributed by atoms with Crippen molar-refractivity contribution < 1.29 is 65.9 Å². The molecule has 3 saturated carbocycles. The molecule has 4 heterocycles. The second-order valence-corrected chi connectivity index (χ2v) is 28.2. The Labute approximate surface area is 539 Å². The van der Waals surface area contributed by atoms with Gasteiger partial charge in [0.25, 0.3) is 0 Å². The molecule has 0 aromatic carbocycles. The van der Waals surface area contributed by atoms with Crippen LogP contribution in [0, 0.1) is 29.6 Å². The first-order chi connectivity index (χ1) is 43.0. The average molecular weight is 1310 g/mol. The lowest BCUT2D eigenvalue weighted by Gasteiger charge is -2.40. The van der Waals surface area contributed by atoms with Crippen molar-refractivity contribution in [3.05, 3.63) is 0 Å². The number of likely N-dealkylation sites (N-methyl/N-ethyl adjacent to an activating group) is 5. The zero-order valence-corrected chi connectivity index (χ0v) is 55.8. The lowest BCUT2D eigenvalue weighted by molar-refractivity contribution is -0.182. The molecule has 3 aliphatic carbocycles. The van der Waals surface area contributed by atoms with Gasteiger partial charge in [-0.1, -0.05) is 46.0 Å². The molecule has 0 aromatic heterocycles. The third-order valence-electron chi connectivity index (χ3n) is 21.1. The van der Waals surface area contributed by atoms with E-state index in [1.165, 1.54) is 69.4 Å². The Balaban J connectivity index is 1.21. The Bertz CT molecular complexity index is 2640. The number of hydrogen-bond donors (Lipinski definition) is 5. The smallest absolute Gasteiger partial charge is 0.351 e. The molecule has 5 N–H and O–H groups in total. The molecule has 7 rings (SSSR count). The first-order valence-corrected chi connectivity index (χ1v) is 33.9. The molecule has 13 atom stereocenters. The highest BCUT2D eigenvalue weighted by atomic mass is 35.5. The summed E-state index contributed by atoms with van der Waals surface area (Å²) in [4.78, 5) is 170. The molecule has 0 aromatic rings. The summed E-state index contributed by atoms with van der Waals surface area (Å²) in [6, 6.07) is -8.49. The first kappa shape index (κ1) is 72.6. The van der Waals surface area contributed by atoms with Gasteiger partial charge < -0.3 is 60.9 Å². The molecule has 27 heteroatoms. The molecule has 7 aliphatic rings. The number of alkyl halides is 4. The van der Waals surface area contributed by atoms with E-state index in [1.54, 1.807) is 20.9 Å². The van der Waals surface area contributed by atoms with Crippen LogP contribution in [0.4, 0.5) is 13.2 Å². The van der Waals surface area contributed by atoms with Crippen molar-refractivity contribution in [2.24, 2.45) is 29.6 Å². The third kappa shape index (κ3) is 17.7. The van der Waals surface area contributed by atoms with E-state index in [9.17, 15) is 56.3 Å². The van der Waals surface area contributed by atoms with E-state index in [4.69, 9.17) is 11.6 Å². The molecule has 91 heavy (non-hydrogen) atoms. The molecule has 7 fully saturated rings. The normalized spacial score (nSPS) is 32.6. The zero-order chi connectivity index (χ0) is 66.8. The predicted octanol–water partition coefficient (Wildman–Crippen LogP) is 3.69. The summed E-state index contributed by atoms with van der Waals surface area (Å²) >= 11 is 6.38. The molecule has 0 radical (unpaired) electrons. The maximum atomic E-state index is 15.2. The van der Waals surface area contributed by atoms with E-state index >= 15 is 9.59 Å². The van der Waals surface area contributed by atoms with Gasteiger partial charge in [-0.15, -0.1) is 11.6 Å². The van der Waals surface area contributed by atoms with Gasteiger partial charge in [0.05, 0.1) is 19.0 Å². The van der Waals surface area contributed by atoms with E-state index in [-0.39, 0.29) is 101 Å². The summed E-state index contributed by atoms with van der Waals surface area (Å²) in [7, 11) is 7.33. The van der Waals surface area contributed by atoms with E-state index < -0.39 is 155 Å². The second-order valence-electron chi connectivity index (χ2n) is 27.6. The number of halogens is 4. The molecular formula is C64H102ClF3N12O11. The number of nitrogens with one attached hydrogen (secondary N) is 5. The zero-order valence-electron chi connectivity index (χ0n) is 55.0. The molecule has 4 saturated heterocycles. The predicted molar refractivity (Wildman–Crippen MR) is 333 cm³/mol. The topological polar surface area (TPSA) is 271 Å². The number of amides is 11. The molecule has 1 spiro atoms. The van der Waals surface area contributed by atoms with Gasteiger partial charge in [-0.2, -0.15) is 13.2 Å². The summed E-state index contributed by atoms with van der Waals surface area (Å²) in [6.45, 7) is 7.38. The fourth-order valence-electron chi connectivity index (χ4n) is 15.2. The Hall–Kier alpha value is -5.79. The van der Waals surface area contributed by atoms with Gasteiger partial charge in [0.1, 0.15) is 47.8 Å². The molecule has 4 unspecified atom stereocenters. The van der Waals surface area contributed by atoms with Crippen LogP contribution >= 0.6 is 11.6 Å². The SMILES string of the molecule is CC[C@H](C)[C@@H]1NC(=O)[C@H](C)N(C)C(=O)C[C@@H](C)NC(=O)[C@H](C2CCCC2)N(C)C(=O)C2(CCCC2)NC(=O)[C@@H]2CCCN2C(=O)[C@H](CCC2CCC(C(F)(F)F)C(Cl)C2)NC(=O)CN(C)C(=O)[C@H](CC2CCCNC2)N(C)C(=O)[C@@H]2CCCN2C(=O)CN(C)C1=O. The number of rotatable bonds is 8. The maximum Gasteiger partial charge on any atom is 0.393 e. The van der Waals surface area contributed by atoms with Gasteiger partial charge in [-0.3, -0.25) is 52.7 Å². The molecular weight excluding hydrogens is 1210 g/mol. The number of hydrogen-bond acceptors (Lipinski definition) is 12. The molecule has 11 amide bonds. The average Bonchev–Trinajstić information content (AvgIpc) is 1.71. The highest BCUT2D eigenvalue weighted by Crippen LogP contribution is 2.44. The number of carbonyl (C=O) groups excluding carboxylic acids is 11. The molecule has 0 bridgehead atoms. The van der Waals surface area contributed by atoms with Crippen molar-refractivity contribution in [1.29, 1.82) is 0 Å². The number of nitrogens with zero attached hydrogens (tertiary/aromatic N) is 7. The van der Waals surface area contributed by atoms with Gasteiger partial charge in [-0.05, 0) is 153 Å².